The molecular weight excluding hydrogens is 488 g/mol. The number of aromatic nitrogens is 2. The Bertz CT molecular complexity index is 1460. The largest absolute Gasteiger partial charge is 0.324 e. The van der Waals surface area contributed by atoms with Gasteiger partial charge >= 0.3 is 0 Å². The Balaban J connectivity index is 1.40. The Kier molecular flexibility index (Phi) is 6.91. The highest BCUT2D eigenvalue weighted by atomic mass is 32.2. The van der Waals surface area contributed by atoms with Crippen LogP contribution in [0.5, 0.6) is 0 Å². The molecule has 0 spiro atoms. The molecule has 5 rings (SSSR count). The number of rotatable bonds is 7. The van der Waals surface area contributed by atoms with Crippen LogP contribution in [0.15, 0.2) is 59.6 Å². The standard InChI is InChI=1S/C27H28N6O3S/c1-28-15-16-33(21-7-3-4-8-21)37(35,36)22-13-11-20(12-14-22)30-27-29-18-19-17-25(34)32(2)24-10-6-5-9-23(24)26(19)31-27/h5-6,9-14,18,21H,3-4,7-8,15-17H2,2H3,(H,29,30,31). The summed E-state index contributed by atoms with van der Waals surface area (Å²) in [7, 11) is -1.96. The van der Waals surface area contributed by atoms with Crippen LogP contribution >= 0.6 is 0 Å². The first-order valence-corrected chi connectivity index (χ1v) is 13.8. The lowest BCUT2D eigenvalue weighted by atomic mass is 10.1. The summed E-state index contributed by atoms with van der Waals surface area (Å²) in [5.74, 6) is 0.321. The summed E-state index contributed by atoms with van der Waals surface area (Å²) >= 11 is 0. The van der Waals surface area contributed by atoms with Crippen molar-refractivity contribution >= 4 is 33.3 Å². The summed E-state index contributed by atoms with van der Waals surface area (Å²) < 4.78 is 28.3. The van der Waals surface area contributed by atoms with Crippen molar-refractivity contribution in [1.82, 2.24) is 14.3 Å². The number of hydrogen-bond donors (Lipinski definition) is 1. The second-order valence-corrected chi connectivity index (χ2v) is 11.2. The maximum absolute atomic E-state index is 13.4. The van der Waals surface area contributed by atoms with E-state index in [0.29, 0.717) is 17.3 Å². The highest BCUT2D eigenvalue weighted by Gasteiger charge is 2.33. The molecule has 9 nitrogen and oxygen atoms in total. The quantitative estimate of drug-likeness (QED) is 0.471. The molecular formula is C27H28N6O3S. The van der Waals surface area contributed by atoms with E-state index in [2.05, 4.69) is 15.1 Å². The molecule has 37 heavy (non-hydrogen) atoms. The zero-order valence-corrected chi connectivity index (χ0v) is 21.4. The van der Waals surface area contributed by atoms with E-state index in [1.165, 1.54) is 4.31 Å². The average molecular weight is 517 g/mol. The first-order valence-electron chi connectivity index (χ1n) is 12.3. The summed E-state index contributed by atoms with van der Waals surface area (Å²) in [5.41, 5.74) is 3.72. The lowest BCUT2D eigenvalue weighted by molar-refractivity contribution is -0.117. The van der Waals surface area contributed by atoms with Crippen molar-refractivity contribution in [2.45, 2.75) is 43.0 Å². The van der Waals surface area contributed by atoms with Crippen molar-refractivity contribution in [3.63, 3.8) is 0 Å². The molecule has 1 aliphatic carbocycles. The van der Waals surface area contributed by atoms with Gasteiger partial charge in [-0.3, -0.25) is 4.79 Å². The third-order valence-electron chi connectivity index (χ3n) is 6.98. The number of anilines is 3. The number of nitrogens with one attached hydrogen (secondary N) is 1. The van der Waals surface area contributed by atoms with Crippen LogP contribution in [-0.2, 0) is 21.2 Å². The van der Waals surface area contributed by atoms with Crippen molar-refractivity contribution in [3.8, 4) is 11.3 Å². The number of para-hydroxylation sites is 1. The van der Waals surface area contributed by atoms with Crippen molar-refractivity contribution in [1.29, 1.82) is 0 Å². The van der Waals surface area contributed by atoms with Crippen LogP contribution in [0.1, 0.15) is 31.2 Å². The highest BCUT2D eigenvalue weighted by molar-refractivity contribution is 7.89. The minimum atomic E-state index is -3.71. The summed E-state index contributed by atoms with van der Waals surface area (Å²) in [6.07, 6.45) is 5.54. The van der Waals surface area contributed by atoms with Crippen LogP contribution in [0.2, 0.25) is 0 Å². The van der Waals surface area contributed by atoms with Gasteiger partial charge in [-0.2, -0.15) is 4.31 Å². The van der Waals surface area contributed by atoms with E-state index in [4.69, 9.17) is 11.6 Å². The van der Waals surface area contributed by atoms with Gasteiger partial charge in [0.25, 0.3) is 0 Å². The van der Waals surface area contributed by atoms with Gasteiger partial charge in [0.15, 0.2) is 0 Å². The van der Waals surface area contributed by atoms with E-state index in [9.17, 15) is 13.2 Å². The first kappa shape index (κ1) is 24.9. The van der Waals surface area contributed by atoms with Crippen LogP contribution in [0, 0.1) is 6.57 Å². The molecule has 3 aromatic rings. The van der Waals surface area contributed by atoms with E-state index in [0.717, 1.165) is 42.5 Å². The molecule has 0 bridgehead atoms. The van der Waals surface area contributed by atoms with Crippen molar-refractivity contribution < 1.29 is 13.2 Å². The number of amides is 1. The average Bonchev–Trinajstić information content (AvgIpc) is 3.41. The number of fused-ring (bicyclic) bond motifs is 3. The van der Waals surface area contributed by atoms with Gasteiger partial charge in [0.05, 0.1) is 29.2 Å². The predicted molar refractivity (Wildman–Crippen MR) is 142 cm³/mol. The Morgan fingerprint density at radius 2 is 1.86 bits per heavy atom. The monoisotopic (exact) mass is 516 g/mol. The summed E-state index contributed by atoms with van der Waals surface area (Å²) in [5, 5.41) is 3.16. The van der Waals surface area contributed by atoms with Crippen LogP contribution in [-0.4, -0.2) is 54.8 Å². The molecule has 1 saturated carbocycles. The molecule has 0 radical (unpaired) electrons. The molecule has 1 amide bonds. The summed E-state index contributed by atoms with van der Waals surface area (Å²) in [6.45, 7) is 7.46. The van der Waals surface area contributed by atoms with Gasteiger partial charge in [-0.15, -0.1) is 0 Å². The second-order valence-electron chi connectivity index (χ2n) is 9.30. The van der Waals surface area contributed by atoms with Gasteiger partial charge in [-0.1, -0.05) is 31.0 Å². The maximum atomic E-state index is 13.4. The minimum Gasteiger partial charge on any atom is -0.324 e. The van der Waals surface area contributed by atoms with E-state index in [-0.39, 0.29) is 36.4 Å². The van der Waals surface area contributed by atoms with Crippen molar-refractivity contribution in [3.05, 3.63) is 71.7 Å². The number of sulfonamides is 1. The molecule has 0 saturated heterocycles. The molecule has 2 heterocycles. The first-order chi connectivity index (χ1) is 17.9. The van der Waals surface area contributed by atoms with Crippen LogP contribution < -0.4 is 10.2 Å². The fourth-order valence-electron chi connectivity index (χ4n) is 5.03. The van der Waals surface area contributed by atoms with Gasteiger partial charge in [0.1, 0.15) is 0 Å². The molecule has 2 aliphatic rings. The van der Waals surface area contributed by atoms with Gasteiger partial charge < -0.3 is 15.1 Å². The fraction of sp³-hybridized carbons (Fsp3) is 0.333. The number of benzene rings is 2. The molecule has 10 heteroatoms. The van der Waals surface area contributed by atoms with E-state index >= 15 is 0 Å². The normalized spacial score (nSPS) is 15.7. The number of carbonyl (C=O) groups excluding carboxylic acids is 1. The number of nitrogens with zero attached hydrogens (tertiary/aromatic N) is 5. The highest BCUT2D eigenvalue weighted by Crippen LogP contribution is 2.35. The van der Waals surface area contributed by atoms with Gasteiger partial charge in [0.2, 0.25) is 28.4 Å². The Hall–Kier alpha value is -3.81. The number of carbonyl (C=O) groups is 1. The van der Waals surface area contributed by atoms with Crippen molar-refractivity contribution in [2.24, 2.45) is 0 Å². The fourth-order valence-corrected chi connectivity index (χ4v) is 6.70. The molecule has 2 aromatic carbocycles. The van der Waals surface area contributed by atoms with Gasteiger partial charge in [0, 0.05) is 36.1 Å². The lowest BCUT2D eigenvalue weighted by Crippen LogP contribution is -2.40. The Labute approximate surface area is 217 Å². The molecule has 1 aliphatic heterocycles. The van der Waals surface area contributed by atoms with Gasteiger partial charge in [-0.05, 0) is 43.2 Å². The van der Waals surface area contributed by atoms with E-state index < -0.39 is 10.0 Å². The van der Waals surface area contributed by atoms with E-state index in [1.54, 1.807) is 42.4 Å². The van der Waals surface area contributed by atoms with Gasteiger partial charge in [-0.25, -0.2) is 25.0 Å². The number of likely N-dealkylation sites (N-methyl/N-ethyl adjacent to an activating group) is 1. The Morgan fingerprint density at radius 1 is 1.14 bits per heavy atom. The number of hydrogen-bond acceptors (Lipinski definition) is 6. The second kappa shape index (κ2) is 10.3. The molecule has 0 atom stereocenters. The minimum absolute atomic E-state index is 0.0321. The predicted octanol–water partition coefficient (Wildman–Crippen LogP) is 4.26. The van der Waals surface area contributed by atoms with Crippen LogP contribution in [0.25, 0.3) is 16.1 Å². The van der Waals surface area contributed by atoms with Crippen molar-refractivity contribution in [2.75, 3.05) is 30.4 Å². The third-order valence-corrected chi connectivity index (χ3v) is 8.95. The zero-order valence-electron chi connectivity index (χ0n) is 20.6. The van der Waals surface area contributed by atoms with Crippen LogP contribution in [0.3, 0.4) is 0 Å². The summed E-state index contributed by atoms with van der Waals surface area (Å²) in [4.78, 5) is 26.9. The molecule has 1 N–H and O–H groups in total. The molecule has 1 aromatic heterocycles. The molecule has 190 valence electrons. The Morgan fingerprint density at radius 3 is 2.59 bits per heavy atom. The molecule has 0 unspecified atom stereocenters. The van der Waals surface area contributed by atoms with Crippen LogP contribution in [0.4, 0.5) is 17.3 Å². The SMILES string of the molecule is [C-]#[N+]CCN(C1CCCC1)S(=O)(=O)c1ccc(Nc2ncc3c(n2)-c2ccccc2N(C)C(=O)C3)cc1. The summed E-state index contributed by atoms with van der Waals surface area (Å²) in [6, 6.07) is 14.1. The smallest absolute Gasteiger partial charge is 0.243 e. The zero-order chi connectivity index (χ0) is 26.0. The third kappa shape index (κ3) is 4.92. The maximum Gasteiger partial charge on any atom is 0.243 e. The lowest BCUT2D eigenvalue weighted by Gasteiger charge is -2.26. The van der Waals surface area contributed by atoms with E-state index in [1.807, 2.05) is 24.3 Å². The topological polar surface area (TPSA) is 99.9 Å². The molecule has 1 fully saturated rings.